The smallest absolute Gasteiger partial charge is 0.266 e. The summed E-state index contributed by atoms with van der Waals surface area (Å²) in [5, 5.41) is 12.1. The third-order valence-electron chi connectivity index (χ3n) is 5.13. The third kappa shape index (κ3) is 3.14. The van der Waals surface area contributed by atoms with Crippen molar-refractivity contribution in [3.05, 3.63) is 113 Å². The molecule has 0 bridgehead atoms. The van der Waals surface area contributed by atoms with Crippen LogP contribution in [0.25, 0.3) is 39.5 Å². The number of hydrogen-bond acceptors (Lipinski definition) is 3. The quantitative estimate of drug-likeness (QED) is 0.448. The highest BCUT2D eigenvalue weighted by atomic mass is 16.3. The average molecular weight is 390 g/mol. The van der Waals surface area contributed by atoms with Crippen LogP contribution in [0.1, 0.15) is 11.4 Å². The van der Waals surface area contributed by atoms with Crippen molar-refractivity contribution in [2.45, 2.75) is 0 Å². The number of para-hydroxylation sites is 1. The molecule has 0 saturated heterocycles. The monoisotopic (exact) mass is 390 g/mol. The molecule has 0 amide bonds. The van der Waals surface area contributed by atoms with Crippen molar-refractivity contribution < 1.29 is 5.11 Å². The fraction of sp³-hybridized carbons (Fsp3) is 0. The SMILES string of the molecule is O=c1c2ccccc2nc(/C=C\c2ccc(O)cc2)n1-c1cccc2ccccc12. The molecule has 1 aromatic heterocycles. The van der Waals surface area contributed by atoms with E-state index in [4.69, 9.17) is 4.98 Å². The van der Waals surface area contributed by atoms with Crippen LogP contribution in [-0.2, 0) is 0 Å². The molecule has 4 aromatic carbocycles. The van der Waals surface area contributed by atoms with Crippen molar-refractivity contribution >= 4 is 33.8 Å². The number of aromatic nitrogens is 2. The number of rotatable bonds is 3. The molecule has 144 valence electrons. The average Bonchev–Trinajstić information content (AvgIpc) is 2.79. The fourth-order valence-corrected chi connectivity index (χ4v) is 3.65. The Labute approximate surface area is 173 Å². The summed E-state index contributed by atoms with van der Waals surface area (Å²) in [6.45, 7) is 0. The van der Waals surface area contributed by atoms with Crippen LogP contribution in [0.5, 0.6) is 5.75 Å². The van der Waals surface area contributed by atoms with Crippen molar-refractivity contribution in [3.8, 4) is 11.4 Å². The fourth-order valence-electron chi connectivity index (χ4n) is 3.65. The van der Waals surface area contributed by atoms with E-state index in [1.807, 2.05) is 84.9 Å². The second kappa shape index (κ2) is 7.33. The normalized spacial score (nSPS) is 11.5. The van der Waals surface area contributed by atoms with Gasteiger partial charge in [-0.1, -0.05) is 66.7 Å². The Balaban J connectivity index is 1.79. The first-order valence-electron chi connectivity index (χ1n) is 9.68. The molecule has 1 N–H and O–H groups in total. The van der Waals surface area contributed by atoms with Gasteiger partial charge < -0.3 is 5.11 Å². The first kappa shape index (κ1) is 17.9. The van der Waals surface area contributed by atoms with E-state index in [1.54, 1.807) is 22.8 Å². The van der Waals surface area contributed by atoms with Gasteiger partial charge in [-0.25, -0.2) is 4.98 Å². The minimum Gasteiger partial charge on any atom is -0.508 e. The predicted molar refractivity (Wildman–Crippen MR) is 122 cm³/mol. The molecule has 0 aliphatic rings. The zero-order valence-corrected chi connectivity index (χ0v) is 16.1. The number of phenols is 1. The van der Waals surface area contributed by atoms with Crippen LogP contribution in [0, 0.1) is 0 Å². The van der Waals surface area contributed by atoms with E-state index < -0.39 is 0 Å². The van der Waals surface area contributed by atoms with Gasteiger partial charge in [0.15, 0.2) is 0 Å². The largest absolute Gasteiger partial charge is 0.508 e. The molecule has 0 spiro atoms. The zero-order chi connectivity index (χ0) is 20.5. The lowest BCUT2D eigenvalue weighted by molar-refractivity contribution is 0.475. The number of nitrogens with zero attached hydrogens (tertiary/aromatic N) is 2. The second-order valence-corrected chi connectivity index (χ2v) is 7.05. The summed E-state index contributed by atoms with van der Waals surface area (Å²) in [7, 11) is 0. The van der Waals surface area contributed by atoms with Gasteiger partial charge in [0.2, 0.25) is 0 Å². The summed E-state index contributed by atoms with van der Waals surface area (Å²) in [6.07, 6.45) is 3.72. The molecule has 5 rings (SSSR count). The van der Waals surface area contributed by atoms with Crippen LogP contribution in [0.4, 0.5) is 0 Å². The molecule has 5 aromatic rings. The van der Waals surface area contributed by atoms with Crippen molar-refractivity contribution in [1.82, 2.24) is 9.55 Å². The molecular formula is C26H18N2O2. The van der Waals surface area contributed by atoms with Gasteiger partial charge in [-0.15, -0.1) is 0 Å². The highest BCUT2D eigenvalue weighted by molar-refractivity contribution is 5.91. The van der Waals surface area contributed by atoms with E-state index in [2.05, 4.69) is 0 Å². The zero-order valence-electron chi connectivity index (χ0n) is 16.1. The van der Waals surface area contributed by atoms with Crippen molar-refractivity contribution in [1.29, 1.82) is 0 Å². The molecule has 0 aliphatic carbocycles. The minimum atomic E-state index is -0.109. The lowest BCUT2D eigenvalue weighted by atomic mass is 10.1. The Hall–Kier alpha value is -4.18. The van der Waals surface area contributed by atoms with Crippen molar-refractivity contribution in [2.24, 2.45) is 0 Å². The van der Waals surface area contributed by atoms with E-state index in [9.17, 15) is 9.90 Å². The van der Waals surface area contributed by atoms with Crippen molar-refractivity contribution in [3.63, 3.8) is 0 Å². The van der Waals surface area contributed by atoms with Gasteiger partial charge >= 0.3 is 0 Å². The van der Waals surface area contributed by atoms with Crippen molar-refractivity contribution in [2.75, 3.05) is 0 Å². The van der Waals surface area contributed by atoms with Gasteiger partial charge in [0.05, 0.1) is 16.6 Å². The highest BCUT2D eigenvalue weighted by Crippen LogP contribution is 2.24. The number of aromatic hydroxyl groups is 1. The Morgan fingerprint density at radius 2 is 1.43 bits per heavy atom. The summed E-state index contributed by atoms with van der Waals surface area (Å²) < 4.78 is 1.67. The molecule has 1 heterocycles. The first-order chi connectivity index (χ1) is 14.7. The maximum absolute atomic E-state index is 13.5. The van der Waals surface area contributed by atoms with Crippen LogP contribution in [0.15, 0.2) is 95.8 Å². The summed E-state index contributed by atoms with van der Waals surface area (Å²) >= 11 is 0. The van der Waals surface area contributed by atoms with Gasteiger partial charge in [-0.05, 0) is 47.4 Å². The van der Waals surface area contributed by atoms with Crippen LogP contribution >= 0.6 is 0 Å². The van der Waals surface area contributed by atoms with Crippen LogP contribution < -0.4 is 5.56 Å². The van der Waals surface area contributed by atoms with E-state index in [0.717, 1.165) is 22.0 Å². The molecule has 0 fully saturated rings. The molecule has 0 atom stereocenters. The lowest BCUT2D eigenvalue weighted by Crippen LogP contribution is -2.22. The van der Waals surface area contributed by atoms with Crippen LogP contribution in [0.3, 0.4) is 0 Å². The molecule has 30 heavy (non-hydrogen) atoms. The Morgan fingerprint density at radius 3 is 2.27 bits per heavy atom. The molecule has 4 heteroatoms. The van der Waals surface area contributed by atoms with Gasteiger partial charge in [-0.2, -0.15) is 0 Å². The number of benzene rings is 4. The van der Waals surface area contributed by atoms with E-state index >= 15 is 0 Å². The van der Waals surface area contributed by atoms with Gasteiger partial charge in [0.1, 0.15) is 11.6 Å². The number of hydrogen-bond donors (Lipinski definition) is 1. The molecule has 0 saturated carbocycles. The Bertz CT molecular complexity index is 1460. The molecule has 0 unspecified atom stereocenters. The minimum absolute atomic E-state index is 0.109. The molecule has 0 radical (unpaired) electrons. The van der Waals surface area contributed by atoms with Gasteiger partial charge in [0.25, 0.3) is 5.56 Å². The van der Waals surface area contributed by atoms with Crippen LogP contribution in [-0.4, -0.2) is 14.7 Å². The molecular weight excluding hydrogens is 372 g/mol. The maximum atomic E-state index is 13.5. The lowest BCUT2D eigenvalue weighted by Gasteiger charge is -2.14. The van der Waals surface area contributed by atoms with Gasteiger partial charge in [0, 0.05) is 5.39 Å². The third-order valence-corrected chi connectivity index (χ3v) is 5.13. The molecule has 4 nitrogen and oxygen atoms in total. The van der Waals surface area contributed by atoms with Crippen LogP contribution in [0.2, 0.25) is 0 Å². The Morgan fingerprint density at radius 1 is 0.733 bits per heavy atom. The first-order valence-corrected chi connectivity index (χ1v) is 9.68. The predicted octanol–water partition coefficient (Wildman–Crippen LogP) is 5.41. The topological polar surface area (TPSA) is 55.1 Å². The van der Waals surface area contributed by atoms with E-state index in [0.29, 0.717) is 16.7 Å². The highest BCUT2D eigenvalue weighted by Gasteiger charge is 2.13. The number of fused-ring (bicyclic) bond motifs is 2. The standard InChI is InChI=1S/C26H18N2O2/c29-20-15-12-18(13-16-20)14-17-25-27-23-10-4-3-9-22(23)26(30)28(25)24-11-5-7-19-6-1-2-8-21(19)24/h1-17,29H/b17-14-. The summed E-state index contributed by atoms with van der Waals surface area (Å²) in [4.78, 5) is 18.3. The summed E-state index contributed by atoms with van der Waals surface area (Å²) in [5.41, 5.74) is 2.24. The maximum Gasteiger partial charge on any atom is 0.266 e. The van der Waals surface area contributed by atoms with E-state index in [-0.39, 0.29) is 11.3 Å². The second-order valence-electron chi connectivity index (χ2n) is 7.05. The number of phenolic OH excluding ortho intramolecular Hbond substituents is 1. The summed E-state index contributed by atoms with van der Waals surface area (Å²) in [6, 6.07) is 28.2. The van der Waals surface area contributed by atoms with Gasteiger partial charge in [-0.3, -0.25) is 9.36 Å². The summed E-state index contributed by atoms with van der Waals surface area (Å²) in [5.74, 6) is 0.756. The Kier molecular flexibility index (Phi) is 4.37. The van der Waals surface area contributed by atoms with E-state index in [1.165, 1.54) is 0 Å². The molecule has 0 aliphatic heterocycles.